The zero-order valence-electron chi connectivity index (χ0n) is 19.5. The maximum Gasteiger partial charge on any atom is 0.306 e. The fraction of sp³-hybridized carbons (Fsp3) is 0.370. The van der Waals surface area contributed by atoms with Crippen LogP contribution in [0, 0.1) is 23.5 Å². The quantitative estimate of drug-likeness (QED) is 0.466. The first-order valence-corrected chi connectivity index (χ1v) is 11.7. The average Bonchev–Trinajstić information content (AvgIpc) is 3.69. The Labute approximate surface area is 202 Å². The molecule has 2 aromatic heterocycles. The molecule has 1 aliphatic carbocycles. The fourth-order valence-electron chi connectivity index (χ4n) is 4.95. The van der Waals surface area contributed by atoms with Crippen molar-refractivity contribution in [3.05, 3.63) is 71.2 Å². The molecule has 0 radical (unpaired) electrons. The second-order valence-corrected chi connectivity index (χ2v) is 9.30. The van der Waals surface area contributed by atoms with E-state index < -0.39 is 29.6 Å². The number of benzene rings is 1. The van der Waals surface area contributed by atoms with E-state index in [1.165, 1.54) is 25.4 Å². The van der Waals surface area contributed by atoms with Crippen LogP contribution in [-0.2, 0) is 11.2 Å². The van der Waals surface area contributed by atoms with Gasteiger partial charge in [0.1, 0.15) is 29.2 Å². The van der Waals surface area contributed by atoms with E-state index in [9.17, 15) is 14.3 Å². The molecule has 8 heteroatoms. The van der Waals surface area contributed by atoms with Crippen molar-refractivity contribution in [3.63, 3.8) is 0 Å². The van der Waals surface area contributed by atoms with Gasteiger partial charge in [0.2, 0.25) is 5.88 Å². The number of aromatic nitrogens is 2. The summed E-state index contributed by atoms with van der Waals surface area (Å²) in [6, 6.07) is 8.53. The van der Waals surface area contributed by atoms with Gasteiger partial charge in [0.25, 0.3) is 0 Å². The standard InChI is InChI=1S/C27H26F2N2O4/c1-14(27(32)33)25(16-4-5-16)17-6-3-15-7-8-22(35-23(15)10-17)26-20(28)9-18(12-31-26)19-11-24(34-2)30-13-21(19)29/h3,6,9-14,16,22,25H,4-5,7-8H2,1-2H3,(H,32,33)/t14-,22?,25?/m0/s1. The maximum absolute atomic E-state index is 15.1. The number of carboxylic acids is 1. The molecule has 0 spiro atoms. The van der Waals surface area contributed by atoms with Crippen molar-refractivity contribution in [3.8, 4) is 22.8 Å². The monoisotopic (exact) mass is 480 g/mol. The second kappa shape index (κ2) is 9.24. The number of carboxylic acid groups (broad SMARTS) is 1. The molecule has 2 unspecified atom stereocenters. The lowest BCUT2D eigenvalue weighted by Gasteiger charge is -2.28. The smallest absolute Gasteiger partial charge is 0.306 e. The first-order chi connectivity index (χ1) is 16.9. The van der Waals surface area contributed by atoms with E-state index in [0.29, 0.717) is 24.5 Å². The number of hydrogen-bond donors (Lipinski definition) is 1. The molecular weight excluding hydrogens is 454 g/mol. The molecule has 1 N–H and O–H groups in total. The molecule has 3 atom stereocenters. The number of ether oxygens (including phenoxy) is 2. The number of methoxy groups -OCH3 is 1. The van der Waals surface area contributed by atoms with Crippen molar-refractivity contribution in [2.75, 3.05) is 7.11 Å². The summed E-state index contributed by atoms with van der Waals surface area (Å²) in [5.41, 5.74) is 2.52. The fourth-order valence-corrected chi connectivity index (χ4v) is 4.95. The number of halogens is 2. The minimum atomic E-state index is -0.812. The zero-order valence-corrected chi connectivity index (χ0v) is 19.5. The highest BCUT2D eigenvalue weighted by Crippen LogP contribution is 2.48. The van der Waals surface area contributed by atoms with Crippen LogP contribution in [0.25, 0.3) is 11.1 Å². The Morgan fingerprint density at radius 3 is 2.60 bits per heavy atom. The second-order valence-electron chi connectivity index (χ2n) is 9.30. The number of pyridine rings is 2. The lowest BCUT2D eigenvalue weighted by molar-refractivity contribution is -0.142. The van der Waals surface area contributed by atoms with Gasteiger partial charge >= 0.3 is 5.97 Å². The summed E-state index contributed by atoms with van der Waals surface area (Å²) in [6.45, 7) is 1.75. The van der Waals surface area contributed by atoms with Gasteiger partial charge in [-0.1, -0.05) is 19.1 Å². The van der Waals surface area contributed by atoms with Crippen LogP contribution >= 0.6 is 0 Å². The van der Waals surface area contributed by atoms with Crippen molar-refractivity contribution >= 4 is 5.97 Å². The van der Waals surface area contributed by atoms with Gasteiger partial charge in [-0.05, 0) is 60.8 Å². The SMILES string of the molecule is COc1cc(-c2cnc(C3CCc4ccc(C(C5CC5)[C@H](C)C(=O)O)cc4O3)c(F)c2)c(F)cn1. The van der Waals surface area contributed by atoms with Gasteiger partial charge in [-0.2, -0.15) is 0 Å². The molecule has 2 aliphatic rings. The first kappa shape index (κ1) is 23.2. The van der Waals surface area contributed by atoms with Gasteiger partial charge in [-0.3, -0.25) is 9.78 Å². The van der Waals surface area contributed by atoms with Crippen LogP contribution in [-0.4, -0.2) is 28.2 Å². The summed E-state index contributed by atoms with van der Waals surface area (Å²) in [5.74, 6) is -1.37. The van der Waals surface area contributed by atoms with Gasteiger partial charge in [0, 0.05) is 23.4 Å². The molecule has 1 aliphatic heterocycles. The highest BCUT2D eigenvalue weighted by Gasteiger charge is 2.39. The minimum Gasteiger partial charge on any atom is -0.484 e. The topological polar surface area (TPSA) is 81.5 Å². The Kier molecular flexibility index (Phi) is 6.13. The van der Waals surface area contributed by atoms with Gasteiger partial charge in [-0.25, -0.2) is 13.8 Å². The highest BCUT2D eigenvalue weighted by atomic mass is 19.1. The molecule has 1 saturated carbocycles. The van der Waals surface area contributed by atoms with Crippen LogP contribution in [0.2, 0.25) is 0 Å². The third-order valence-electron chi connectivity index (χ3n) is 7.00. The van der Waals surface area contributed by atoms with Crippen molar-refractivity contribution in [2.45, 2.75) is 44.6 Å². The number of rotatable bonds is 7. The first-order valence-electron chi connectivity index (χ1n) is 11.7. The van der Waals surface area contributed by atoms with E-state index in [4.69, 9.17) is 9.47 Å². The van der Waals surface area contributed by atoms with Crippen LogP contribution in [0.5, 0.6) is 11.6 Å². The number of fused-ring (bicyclic) bond motifs is 1. The van der Waals surface area contributed by atoms with Crippen molar-refractivity contribution in [1.82, 2.24) is 9.97 Å². The molecular formula is C27H26F2N2O4. The minimum absolute atomic E-state index is 0.0804. The lowest BCUT2D eigenvalue weighted by atomic mass is 9.82. The molecule has 5 rings (SSSR count). The van der Waals surface area contributed by atoms with Gasteiger partial charge in [0.15, 0.2) is 0 Å². The Balaban J connectivity index is 1.41. The molecule has 0 amide bonds. The Bertz CT molecular complexity index is 1280. The van der Waals surface area contributed by atoms with Crippen molar-refractivity contribution < 1.29 is 28.2 Å². The number of aliphatic carboxylic acids is 1. The average molecular weight is 481 g/mol. The van der Waals surface area contributed by atoms with E-state index >= 15 is 4.39 Å². The molecule has 3 heterocycles. The van der Waals surface area contributed by atoms with Gasteiger partial charge in [0.05, 0.1) is 19.2 Å². The number of nitrogens with zero attached hydrogens (tertiary/aromatic N) is 2. The Morgan fingerprint density at radius 2 is 1.91 bits per heavy atom. The van der Waals surface area contributed by atoms with Gasteiger partial charge in [-0.15, -0.1) is 0 Å². The normalized spacial score (nSPS) is 18.8. The molecule has 35 heavy (non-hydrogen) atoms. The van der Waals surface area contributed by atoms with Crippen LogP contribution in [0.3, 0.4) is 0 Å². The van der Waals surface area contributed by atoms with Crippen LogP contribution < -0.4 is 9.47 Å². The molecule has 0 saturated heterocycles. The predicted octanol–water partition coefficient (Wildman–Crippen LogP) is 5.71. The molecule has 1 aromatic carbocycles. The van der Waals surface area contributed by atoms with Crippen molar-refractivity contribution in [2.24, 2.45) is 11.8 Å². The van der Waals surface area contributed by atoms with E-state index in [2.05, 4.69) is 9.97 Å². The predicted molar refractivity (Wildman–Crippen MR) is 124 cm³/mol. The Morgan fingerprint density at radius 1 is 1.11 bits per heavy atom. The van der Waals surface area contributed by atoms with Crippen LogP contribution in [0.15, 0.2) is 42.7 Å². The molecule has 3 aromatic rings. The molecule has 0 bridgehead atoms. The van der Waals surface area contributed by atoms with Crippen molar-refractivity contribution in [1.29, 1.82) is 0 Å². The summed E-state index contributed by atoms with van der Waals surface area (Å²) in [7, 11) is 1.42. The lowest BCUT2D eigenvalue weighted by Crippen LogP contribution is -2.22. The van der Waals surface area contributed by atoms with E-state index in [0.717, 1.165) is 30.2 Å². The maximum atomic E-state index is 15.1. The molecule has 1 fully saturated rings. The Hall–Kier alpha value is -3.55. The third kappa shape index (κ3) is 4.57. The van der Waals surface area contributed by atoms with E-state index in [-0.39, 0.29) is 28.6 Å². The largest absolute Gasteiger partial charge is 0.484 e. The number of aryl methyl sites for hydroxylation is 1. The summed E-state index contributed by atoms with van der Waals surface area (Å²) < 4.78 is 40.7. The van der Waals surface area contributed by atoms with E-state index in [1.807, 2.05) is 18.2 Å². The summed E-state index contributed by atoms with van der Waals surface area (Å²) in [5, 5.41) is 9.59. The summed E-state index contributed by atoms with van der Waals surface area (Å²) in [4.78, 5) is 19.8. The van der Waals surface area contributed by atoms with Crippen LogP contribution in [0.1, 0.15) is 55.0 Å². The van der Waals surface area contributed by atoms with Crippen LogP contribution in [0.4, 0.5) is 8.78 Å². The number of carbonyl (C=O) groups is 1. The third-order valence-corrected chi connectivity index (χ3v) is 7.00. The molecule has 182 valence electrons. The van der Waals surface area contributed by atoms with E-state index in [1.54, 1.807) is 6.92 Å². The van der Waals surface area contributed by atoms with Gasteiger partial charge < -0.3 is 14.6 Å². The summed E-state index contributed by atoms with van der Waals surface area (Å²) >= 11 is 0. The highest BCUT2D eigenvalue weighted by molar-refractivity contribution is 5.71. The number of hydrogen-bond acceptors (Lipinski definition) is 5. The molecule has 6 nitrogen and oxygen atoms in total. The summed E-state index contributed by atoms with van der Waals surface area (Å²) in [6.07, 6.45) is 5.12. The zero-order chi connectivity index (χ0) is 24.7.